The smallest absolute Gasteiger partial charge is 0.318 e. The van der Waals surface area contributed by atoms with Gasteiger partial charge in [-0.25, -0.2) is 4.79 Å². The molecule has 2 amide bonds. The first-order valence-corrected chi connectivity index (χ1v) is 6.60. The summed E-state index contributed by atoms with van der Waals surface area (Å²) < 4.78 is 0. The van der Waals surface area contributed by atoms with Crippen molar-refractivity contribution in [1.29, 1.82) is 0 Å². The van der Waals surface area contributed by atoms with E-state index in [0.717, 1.165) is 12.8 Å². The van der Waals surface area contributed by atoms with Gasteiger partial charge in [-0.3, -0.25) is 4.79 Å². The molecule has 2 N–H and O–H groups in total. The third kappa shape index (κ3) is 3.37. The van der Waals surface area contributed by atoms with Crippen LogP contribution in [0.1, 0.15) is 47.0 Å². The van der Waals surface area contributed by atoms with E-state index >= 15 is 0 Å². The van der Waals surface area contributed by atoms with Gasteiger partial charge in [0.1, 0.15) is 0 Å². The van der Waals surface area contributed by atoms with Crippen LogP contribution in [0.3, 0.4) is 0 Å². The Labute approximate surface area is 109 Å². The molecular formula is C13H24N2O3. The second-order valence-electron chi connectivity index (χ2n) is 5.73. The van der Waals surface area contributed by atoms with Gasteiger partial charge in [0.25, 0.3) is 0 Å². The first kappa shape index (κ1) is 14.8. The van der Waals surface area contributed by atoms with E-state index in [9.17, 15) is 9.59 Å². The molecule has 1 aliphatic heterocycles. The molecule has 0 radical (unpaired) electrons. The molecule has 1 fully saturated rings. The van der Waals surface area contributed by atoms with Gasteiger partial charge in [-0.05, 0) is 33.6 Å². The molecule has 104 valence electrons. The van der Waals surface area contributed by atoms with Gasteiger partial charge in [-0.2, -0.15) is 0 Å². The van der Waals surface area contributed by atoms with Crippen LogP contribution in [0.4, 0.5) is 4.79 Å². The molecular weight excluding hydrogens is 232 g/mol. The van der Waals surface area contributed by atoms with Gasteiger partial charge in [0.05, 0.1) is 5.92 Å². The third-order valence-corrected chi connectivity index (χ3v) is 3.65. The van der Waals surface area contributed by atoms with E-state index in [0.29, 0.717) is 13.0 Å². The van der Waals surface area contributed by atoms with Crippen molar-refractivity contribution >= 4 is 12.0 Å². The van der Waals surface area contributed by atoms with Gasteiger partial charge in [-0.1, -0.05) is 13.3 Å². The van der Waals surface area contributed by atoms with Crippen LogP contribution >= 0.6 is 0 Å². The Balaban J connectivity index is 2.61. The average Bonchev–Trinajstić information content (AvgIpc) is 2.58. The Morgan fingerprint density at radius 3 is 2.50 bits per heavy atom. The molecule has 1 saturated heterocycles. The summed E-state index contributed by atoms with van der Waals surface area (Å²) in [4.78, 5) is 24.8. The molecule has 0 aliphatic carbocycles. The zero-order chi connectivity index (χ0) is 13.9. The van der Waals surface area contributed by atoms with Crippen LogP contribution < -0.4 is 5.32 Å². The van der Waals surface area contributed by atoms with Gasteiger partial charge in [0.15, 0.2) is 0 Å². The predicted octanol–water partition coefficient (Wildman–Crippen LogP) is 2.07. The molecule has 0 bridgehead atoms. The topological polar surface area (TPSA) is 69.6 Å². The second kappa shape index (κ2) is 5.59. The number of likely N-dealkylation sites (tertiary alicyclic amines) is 1. The van der Waals surface area contributed by atoms with Gasteiger partial charge in [0.2, 0.25) is 0 Å². The maximum atomic E-state index is 12.1. The number of nitrogens with one attached hydrogen (secondary N) is 1. The summed E-state index contributed by atoms with van der Waals surface area (Å²) in [5.41, 5.74) is -0.243. The Kier molecular flexibility index (Phi) is 4.59. The number of carbonyl (C=O) groups excluding carboxylic acids is 1. The number of carbonyl (C=O) groups is 2. The molecule has 1 aliphatic rings. The van der Waals surface area contributed by atoms with E-state index in [2.05, 4.69) is 12.2 Å². The van der Waals surface area contributed by atoms with Crippen LogP contribution in [0, 0.1) is 5.92 Å². The Hall–Kier alpha value is -1.26. The summed E-state index contributed by atoms with van der Waals surface area (Å²) in [5, 5.41) is 12.0. The van der Waals surface area contributed by atoms with E-state index in [1.54, 1.807) is 11.8 Å². The number of urea groups is 1. The largest absolute Gasteiger partial charge is 0.481 e. The quantitative estimate of drug-likeness (QED) is 0.809. The zero-order valence-electron chi connectivity index (χ0n) is 11.7. The highest BCUT2D eigenvalue weighted by Crippen LogP contribution is 2.25. The van der Waals surface area contributed by atoms with E-state index in [1.165, 1.54) is 0 Å². The van der Waals surface area contributed by atoms with Gasteiger partial charge in [0, 0.05) is 18.1 Å². The fraction of sp³-hybridized carbons (Fsp3) is 0.846. The standard InChI is InChI=1S/C13H24N2O3/c1-5-7-13(3,4)14-12(18)15-8-6-10(9(15)2)11(16)17/h9-10H,5-8H2,1-4H3,(H,14,18)(H,16,17). The van der Waals surface area contributed by atoms with Crippen LogP contribution in [-0.2, 0) is 4.79 Å². The highest BCUT2D eigenvalue weighted by molar-refractivity contribution is 5.78. The fourth-order valence-corrected chi connectivity index (χ4v) is 2.61. The van der Waals surface area contributed by atoms with Crippen molar-refractivity contribution in [2.24, 2.45) is 5.92 Å². The van der Waals surface area contributed by atoms with E-state index < -0.39 is 11.9 Å². The number of hydrogen-bond acceptors (Lipinski definition) is 2. The summed E-state index contributed by atoms with van der Waals surface area (Å²) in [5.74, 6) is -1.25. The number of aliphatic carboxylic acids is 1. The summed E-state index contributed by atoms with van der Waals surface area (Å²) >= 11 is 0. The van der Waals surface area contributed by atoms with Crippen LogP contribution in [-0.4, -0.2) is 40.1 Å². The zero-order valence-corrected chi connectivity index (χ0v) is 11.7. The molecule has 1 heterocycles. The summed E-state index contributed by atoms with van der Waals surface area (Å²) in [6.45, 7) is 8.38. The van der Waals surface area contributed by atoms with E-state index in [1.807, 2.05) is 13.8 Å². The summed E-state index contributed by atoms with van der Waals surface area (Å²) in [7, 11) is 0. The Morgan fingerprint density at radius 1 is 1.44 bits per heavy atom. The number of carboxylic acid groups (broad SMARTS) is 1. The molecule has 0 saturated carbocycles. The first-order valence-electron chi connectivity index (χ1n) is 6.60. The number of hydrogen-bond donors (Lipinski definition) is 2. The monoisotopic (exact) mass is 256 g/mol. The maximum Gasteiger partial charge on any atom is 0.318 e. The van der Waals surface area contributed by atoms with Crippen molar-refractivity contribution in [2.75, 3.05) is 6.54 Å². The molecule has 0 spiro atoms. The number of carboxylic acids is 1. The number of rotatable bonds is 4. The van der Waals surface area contributed by atoms with Gasteiger partial charge >= 0.3 is 12.0 Å². The van der Waals surface area contributed by atoms with Crippen molar-refractivity contribution in [3.63, 3.8) is 0 Å². The lowest BCUT2D eigenvalue weighted by atomic mass is 9.99. The van der Waals surface area contributed by atoms with Crippen molar-refractivity contribution in [2.45, 2.75) is 58.5 Å². The fourth-order valence-electron chi connectivity index (χ4n) is 2.61. The Bertz CT molecular complexity index is 328. The highest BCUT2D eigenvalue weighted by atomic mass is 16.4. The minimum Gasteiger partial charge on any atom is -0.481 e. The van der Waals surface area contributed by atoms with E-state index in [-0.39, 0.29) is 17.6 Å². The van der Waals surface area contributed by atoms with Crippen LogP contribution in [0.2, 0.25) is 0 Å². The molecule has 0 aromatic heterocycles. The maximum absolute atomic E-state index is 12.1. The normalized spacial score (nSPS) is 24.1. The van der Waals surface area contributed by atoms with Gasteiger partial charge < -0.3 is 15.3 Å². The lowest BCUT2D eigenvalue weighted by Crippen LogP contribution is -2.51. The first-order chi connectivity index (χ1) is 8.28. The lowest BCUT2D eigenvalue weighted by molar-refractivity contribution is -0.142. The lowest BCUT2D eigenvalue weighted by Gasteiger charge is -2.31. The number of amides is 2. The van der Waals surface area contributed by atoms with Crippen molar-refractivity contribution in [3.05, 3.63) is 0 Å². The number of nitrogens with zero attached hydrogens (tertiary/aromatic N) is 1. The molecule has 5 nitrogen and oxygen atoms in total. The van der Waals surface area contributed by atoms with Crippen molar-refractivity contribution < 1.29 is 14.7 Å². The highest BCUT2D eigenvalue weighted by Gasteiger charge is 2.39. The van der Waals surface area contributed by atoms with Crippen LogP contribution in [0.15, 0.2) is 0 Å². The molecule has 5 heteroatoms. The van der Waals surface area contributed by atoms with Crippen LogP contribution in [0.25, 0.3) is 0 Å². The Morgan fingerprint density at radius 2 is 2.06 bits per heavy atom. The molecule has 18 heavy (non-hydrogen) atoms. The van der Waals surface area contributed by atoms with Crippen molar-refractivity contribution in [3.8, 4) is 0 Å². The predicted molar refractivity (Wildman–Crippen MR) is 69.4 cm³/mol. The molecule has 0 aromatic rings. The minimum absolute atomic E-state index is 0.148. The minimum atomic E-state index is -0.814. The van der Waals surface area contributed by atoms with E-state index in [4.69, 9.17) is 5.11 Å². The second-order valence-corrected chi connectivity index (χ2v) is 5.73. The molecule has 0 aromatic carbocycles. The van der Waals surface area contributed by atoms with Crippen LogP contribution in [0.5, 0.6) is 0 Å². The van der Waals surface area contributed by atoms with Gasteiger partial charge in [-0.15, -0.1) is 0 Å². The molecule has 1 rings (SSSR count). The molecule has 2 unspecified atom stereocenters. The average molecular weight is 256 g/mol. The SMILES string of the molecule is CCCC(C)(C)NC(=O)N1CCC(C(=O)O)C1C. The summed E-state index contributed by atoms with van der Waals surface area (Å²) in [6.07, 6.45) is 2.45. The molecule has 2 atom stereocenters. The summed E-state index contributed by atoms with van der Waals surface area (Å²) in [6, 6.07) is -0.385. The third-order valence-electron chi connectivity index (χ3n) is 3.65. The van der Waals surface area contributed by atoms with Crippen molar-refractivity contribution in [1.82, 2.24) is 10.2 Å².